The normalized spacial score (nSPS) is 11.9. The third kappa shape index (κ3) is 5.12. The fourth-order valence-corrected chi connectivity index (χ4v) is 5.23. The van der Waals surface area contributed by atoms with Gasteiger partial charge in [-0.25, -0.2) is 18.6 Å². The van der Waals surface area contributed by atoms with Crippen molar-refractivity contribution < 1.29 is 18.0 Å². The number of amides is 1. The van der Waals surface area contributed by atoms with Gasteiger partial charge in [0.15, 0.2) is 16.9 Å². The van der Waals surface area contributed by atoms with Crippen LogP contribution in [0.4, 0.5) is 21.6 Å². The maximum absolute atomic E-state index is 13.4. The molecule has 0 aliphatic rings. The van der Waals surface area contributed by atoms with E-state index in [4.69, 9.17) is 0 Å². The first-order valence-electron chi connectivity index (χ1n) is 12.8. The van der Waals surface area contributed by atoms with Crippen LogP contribution in [0, 0.1) is 12.7 Å². The number of nitrogens with one attached hydrogen (secondary N) is 3. The minimum absolute atomic E-state index is 0.0698. The lowest BCUT2D eigenvalue weighted by Crippen LogP contribution is -2.32. The van der Waals surface area contributed by atoms with E-state index in [0.29, 0.717) is 27.9 Å². The quantitative estimate of drug-likeness (QED) is 0.240. The number of carbonyl (C=O) groups excluding carboxylic acids is 1. The van der Waals surface area contributed by atoms with Crippen molar-refractivity contribution in [3.8, 4) is 16.9 Å². The highest BCUT2D eigenvalue weighted by Crippen LogP contribution is 2.31. The number of rotatable bonds is 7. The van der Waals surface area contributed by atoms with E-state index in [1.54, 1.807) is 31.0 Å². The fourth-order valence-electron chi connectivity index (χ4n) is 4.56. The number of aromatic amines is 1. The Kier molecular flexibility index (Phi) is 7.00. The van der Waals surface area contributed by atoms with Gasteiger partial charge in [-0.3, -0.25) is 9.00 Å². The number of anilines is 3. The number of imidazole rings is 1. The third-order valence-corrected chi connectivity index (χ3v) is 7.53. The summed E-state index contributed by atoms with van der Waals surface area (Å²) in [4.78, 5) is 29.6. The van der Waals surface area contributed by atoms with Crippen molar-refractivity contribution in [2.75, 3.05) is 16.9 Å². The Balaban J connectivity index is 1.30. The van der Waals surface area contributed by atoms with E-state index in [2.05, 4.69) is 35.7 Å². The van der Waals surface area contributed by atoms with E-state index in [0.717, 1.165) is 28.0 Å². The molecule has 1 amide bonds. The standard InChI is InChI=1S/C29H24FN9O2S/c1-17-6-9-19(35-29(40)23-14-24(42(3)41)39(37-23)20-10-7-18(30)8-11-20)13-22(17)36-27-21(5-4-12-31-27)26-25-28(33-15-32-25)34-16-38(26)2/h4-16H,1-3H3,(H2,31,32,33,35,36,40)/p+1. The molecule has 0 saturated heterocycles. The molecule has 0 bridgehead atoms. The van der Waals surface area contributed by atoms with Crippen molar-refractivity contribution in [1.82, 2.24) is 29.7 Å². The van der Waals surface area contributed by atoms with Crippen LogP contribution in [-0.2, 0) is 17.8 Å². The molecule has 210 valence electrons. The lowest BCUT2D eigenvalue weighted by atomic mass is 10.1. The highest BCUT2D eigenvalue weighted by molar-refractivity contribution is 7.84. The Morgan fingerprint density at radius 2 is 1.88 bits per heavy atom. The number of hydrogen-bond donors (Lipinski definition) is 3. The molecule has 0 saturated carbocycles. The number of hydrogen-bond acceptors (Lipinski definition) is 7. The number of fused-ring (bicyclic) bond motifs is 1. The summed E-state index contributed by atoms with van der Waals surface area (Å²) < 4.78 is 29.1. The summed E-state index contributed by atoms with van der Waals surface area (Å²) in [7, 11) is 0.454. The largest absolute Gasteiger partial charge is 0.339 e. The number of aromatic nitrogens is 7. The minimum Gasteiger partial charge on any atom is -0.339 e. The molecule has 1 unspecified atom stereocenters. The molecule has 2 aromatic carbocycles. The second-order valence-electron chi connectivity index (χ2n) is 9.52. The predicted molar refractivity (Wildman–Crippen MR) is 157 cm³/mol. The molecule has 0 radical (unpaired) electrons. The smallest absolute Gasteiger partial charge is 0.295 e. The van der Waals surface area contributed by atoms with Crippen LogP contribution in [0.25, 0.3) is 28.1 Å². The maximum atomic E-state index is 13.4. The molecule has 4 heterocycles. The van der Waals surface area contributed by atoms with Crippen LogP contribution in [0.2, 0.25) is 0 Å². The zero-order valence-electron chi connectivity index (χ0n) is 22.8. The lowest BCUT2D eigenvalue weighted by Gasteiger charge is -2.14. The zero-order chi connectivity index (χ0) is 29.4. The predicted octanol–water partition coefficient (Wildman–Crippen LogP) is 4.21. The molecule has 3 N–H and O–H groups in total. The van der Waals surface area contributed by atoms with Gasteiger partial charge < -0.3 is 15.6 Å². The second kappa shape index (κ2) is 10.9. The monoisotopic (exact) mass is 582 g/mol. The van der Waals surface area contributed by atoms with Crippen molar-refractivity contribution in [3.05, 3.63) is 96.6 Å². The van der Waals surface area contributed by atoms with Gasteiger partial charge in [-0.15, -0.1) is 0 Å². The Bertz CT molecular complexity index is 1990. The molecular weight excluding hydrogens is 557 g/mol. The van der Waals surface area contributed by atoms with Gasteiger partial charge in [-0.1, -0.05) is 6.07 Å². The van der Waals surface area contributed by atoms with Crippen LogP contribution >= 0.6 is 0 Å². The summed E-state index contributed by atoms with van der Waals surface area (Å²) in [5.74, 6) is -0.287. The number of H-pyrrole nitrogens is 1. The molecule has 13 heteroatoms. The maximum Gasteiger partial charge on any atom is 0.295 e. The lowest BCUT2D eigenvalue weighted by molar-refractivity contribution is -0.662. The number of aryl methyl sites for hydroxylation is 2. The molecule has 6 aromatic rings. The summed E-state index contributed by atoms with van der Waals surface area (Å²) >= 11 is 0. The van der Waals surface area contributed by atoms with Gasteiger partial charge in [-0.05, 0) is 66.0 Å². The first-order chi connectivity index (χ1) is 20.3. The second-order valence-corrected chi connectivity index (χ2v) is 10.9. The van der Waals surface area contributed by atoms with Gasteiger partial charge in [0.2, 0.25) is 0 Å². The van der Waals surface area contributed by atoms with E-state index in [-0.39, 0.29) is 5.69 Å². The number of pyridine rings is 1. The van der Waals surface area contributed by atoms with Gasteiger partial charge in [0.05, 0.1) is 35.4 Å². The number of nitrogens with zero attached hydrogens (tertiary/aromatic N) is 6. The van der Waals surface area contributed by atoms with Crippen LogP contribution in [0.15, 0.2) is 84.5 Å². The van der Waals surface area contributed by atoms with Gasteiger partial charge >= 0.3 is 0 Å². The summed E-state index contributed by atoms with van der Waals surface area (Å²) in [6.45, 7) is 1.95. The molecule has 4 aromatic heterocycles. The van der Waals surface area contributed by atoms with E-state index in [1.807, 2.05) is 36.7 Å². The summed E-state index contributed by atoms with van der Waals surface area (Å²) in [5.41, 5.74) is 5.80. The van der Waals surface area contributed by atoms with Crippen molar-refractivity contribution in [2.24, 2.45) is 7.05 Å². The molecule has 42 heavy (non-hydrogen) atoms. The van der Waals surface area contributed by atoms with Crippen LogP contribution in [-0.4, -0.2) is 46.1 Å². The first-order valence-corrected chi connectivity index (χ1v) is 14.4. The molecular formula is C29H25FN9O2S+. The van der Waals surface area contributed by atoms with E-state index in [1.165, 1.54) is 41.3 Å². The Morgan fingerprint density at radius 1 is 1.07 bits per heavy atom. The molecule has 1 atom stereocenters. The first kappa shape index (κ1) is 26.9. The van der Waals surface area contributed by atoms with Crippen LogP contribution in [0.1, 0.15) is 16.1 Å². The van der Waals surface area contributed by atoms with E-state index < -0.39 is 22.5 Å². The van der Waals surface area contributed by atoms with Gasteiger partial charge in [0.25, 0.3) is 17.9 Å². The van der Waals surface area contributed by atoms with Crippen LogP contribution in [0.5, 0.6) is 0 Å². The Labute approximate surface area is 242 Å². The number of carbonyl (C=O) groups is 1. The fraction of sp³-hybridized carbons (Fsp3) is 0.103. The Morgan fingerprint density at radius 3 is 2.67 bits per heavy atom. The minimum atomic E-state index is -1.45. The summed E-state index contributed by atoms with van der Waals surface area (Å²) in [5, 5.41) is 11.0. The van der Waals surface area contributed by atoms with Crippen molar-refractivity contribution in [3.63, 3.8) is 0 Å². The van der Waals surface area contributed by atoms with Crippen molar-refractivity contribution in [1.29, 1.82) is 0 Å². The van der Waals surface area contributed by atoms with Crippen molar-refractivity contribution in [2.45, 2.75) is 11.9 Å². The Hall–Kier alpha value is -5.30. The van der Waals surface area contributed by atoms with E-state index in [9.17, 15) is 13.4 Å². The number of benzene rings is 2. The van der Waals surface area contributed by atoms with Gasteiger partial charge in [0.1, 0.15) is 16.7 Å². The van der Waals surface area contributed by atoms with Gasteiger partial charge in [-0.2, -0.15) is 10.1 Å². The van der Waals surface area contributed by atoms with E-state index >= 15 is 0 Å². The molecule has 0 fully saturated rings. The molecule has 6 rings (SSSR count). The average Bonchev–Trinajstić information content (AvgIpc) is 3.64. The summed E-state index contributed by atoms with van der Waals surface area (Å²) in [6, 6.07) is 16.3. The highest BCUT2D eigenvalue weighted by atomic mass is 32.2. The highest BCUT2D eigenvalue weighted by Gasteiger charge is 2.21. The average molecular weight is 583 g/mol. The van der Waals surface area contributed by atoms with Crippen LogP contribution < -0.4 is 15.2 Å². The SMILES string of the molecule is Cc1ccc(NC(=O)c2cc(S(C)=O)n(-c3ccc(F)cc3)n2)cc1Nc1ncccc1-c1c2[nH]cnc2nc[n+]1C. The number of halogens is 1. The molecule has 0 aliphatic heterocycles. The van der Waals surface area contributed by atoms with Crippen LogP contribution in [0.3, 0.4) is 0 Å². The van der Waals surface area contributed by atoms with Gasteiger partial charge in [0, 0.05) is 29.9 Å². The molecule has 0 aliphatic carbocycles. The summed E-state index contributed by atoms with van der Waals surface area (Å²) in [6.07, 6.45) is 6.50. The van der Waals surface area contributed by atoms with Crippen molar-refractivity contribution >= 4 is 45.1 Å². The topological polar surface area (TPSA) is 134 Å². The third-order valence-electron chi connectivity index (χ3n) is 6.65. The molecule has 11 nitrogen and oxygen atoms in total. The zero-order valence-corrected chi connectivity index (χ0v) is 23.6. The molecule has 0 spiro atoms.